The van der Waals surface area contributed by atoms with E-state index < -0.39 is 0 Å². The lowest BCUT2D eigenvalue weighted by molar-refractivity contribution is 0.0690. The number of nitrogens with two attached hydrogens (primary N) is 1. The van der Waals surface area contributed by atoms with Crippen molar-refractivity contribution in [2.24, 2.45) is 0 Å². The van der Waals surface area contributed by atoms with Crippen LogP contribution in [0.2, 0.25) is 5.02 Å². The summed E-state index contributed by atoms with van der Waals surface area (Å²) in [7, 11) is 0. The fraction of sp³-hybridized carbons (Fsp3) is 0.462. The molecule has 106 valence electrons. The lowest BCUT2D eigenvalue weighted by Crippen LogP contribution is -2.22. The van der Waals surface area contributed by atoms with Gasteiger partial charge in [0.1, 0.15) is 0 Å². The normalized spacial score (nSPS) is 20.2. The van der Waals surface area contributed by atoms with Gasteiger partial charge in [-0.25, -0.2) is 4.68 Å². The van der Waals surface area contributed by atoms with E-state index in [0.29, 0.717) is 16.5 Å². The van der Waals surface area contributed by atoms with Crippen LogP contribution in [-0.2, 0) is 4.74 Å². The predicted octanol–water partition coefficient (Wildman–Crippen LogP) is 2.32. The van der Waals surface area contributed by atoms with Crippen molar-refractivity contribution in [3.05, 3.63) is 23.2 Å². The summed E-state index contributed by atoms with van der Waals surface area (Å²) in [5.74, 6) is 0.655. The highest BCUT2D eigenvalue weighted by Gasteiger charge is 2.27. The molecule has 0 amide bonds. The van der Waals surface area contributed by atoms with Crippen molar-refractivity contribution in [2.45, 2.75) is 31.9 Å². The molecule has 2 aromatic rings. The molecule has 1 saturated heterocycles. The number of nitrogens with zero attached hydrogens (tertiary/aromatic N) is 4. The Kier molecular flexibility index (Phi) is 3.58. The van der Waals surface area contributed by atoms with Crippen LogP contribution in [0.15, 0.2) is 18.2 Å². The van der Waals surface area contributed by atoms with Crippen LogP contribution in [0.4, 0.5) is 5.69 Å². The number of tetrazole rings is 1. The minimum Gasteiger partial charge on any atom is -0.399 e. The maximum absolute atomic E-state index is 6.04. The molecule has 0 saturated carbocycles. The van der Waals surface area contributed by atoms with Crippen LogP contribution in [0.3, 0.4) is 0 Å². The number of rotatable bonds is 3. The van der Waals surface area contributed by atoms with Gasteiger partial charge in [-0.3, -0.25) is 0 Å². The Labute approximate surface area is 121 Å². The monoisotopic (exact) mass is 293 g/mol. The smallest absolute Gasteiger partial charge is 0.182 e. The summed E-state index contributed by atoms with van der Waals surface area (Å²) in [5, 5.41) is 12.5. The lowest BCUT2D eigenvalue weighted by atomic mass is 10.1. The summed E-state index contributed by atoms with van der Waals surface area (Å²) < 4.78 is 7.49. The fourth-order valence-corrected chi connectivity index (χ4v) is 2.78. The van der Waals surface area contributed by atoms with Gasteiger partial charge >= 0.3 is 0 Å². The zero-order valence-electron chi connectivity index (χ0n) is 11.2. The van der Waals surface area contributed by atoms with Crippen LogP contribution in [0.5, 0.6) is 0 Å². The fourth-order valence-electron chi connectivity index (χ4n) is 2.54. The molecule has 3 rings (SSSR count). The van der Waals surface area contributed by atoms with Gasteiger partial charge in [0.05, 0.1) is 12.1 Å². The molecule has 0 radical (unpaired) electrons. The number of halogens is 1. The first-order valence-electron chi connectivity index (χ1n) is 6.61. The molecular weight excluding hydrogens is 278 g/mol. The zero-order valence-corrected chi connectivity index (χ0v) is 11.9. The molecule has 1 fully saturated rings. The van der Waals surface area contributed by atoms with Gasteiger partial charge in [0.15, 0.2) is 5.82 Å². The van der Waals surface area contributed by atoms with Crippen molar-refractivity contribution >= 4 is 17.3 Å². The average molecular weight is 294 g/mol. The highest BCUT2D eigenvalue weighted by molar-refractivity contribution is 6.31. The second-order valence-corrected chi connectivity index (χ2v) is 5.45. The topological polar surface area (TPSA) is 78.8 Å². The zero-order chi connectivity index (χ0) is 14.1. The van der Waals surface area contributed by atoms with Crippen LogP contribution in [0, 0.1) is 0 Å². The van der Waals surface area contributed by atoms with E-state index in [2.05, 4.69) is 22.4 Å². The molecule has 0 spiro atoms. The molecule has 20 heavy (non-hydrogen) atoms. The number of ether oxygens (including phenoxy) is 1. The molecule has 1 aliphatic heterocycles. The molecule has 1 aromatic carbocycles. The first-order valence-corrected chi connectivity index (χ1v) is 6.99. The first-order chi connectivity index (χ1) is 9.65. The van der Waals surface area contributed by atoms with Crippen molar-refractivity contribution in [3.63, 3.8) is 0 Å². The summed E-state index contributed by atoms with van der Waals surface area (Å²) in [6, 6.07) is 5.39. The molecule has 6 nitrogen and oxygen atoms in total. The molecule has 1 aromatic heterocycles. The highest BCUT2D eigenvalue weighted by atomic mass is 35.5. The van der Waals surface area contributed by atoms with Gasteiger partial charge in [-0.2, -0.15) is 0 Å². The minimum absolute atomic E-state index is 0.0720. The number of anilines is 1. The summed E-state index contributed by atoms with van der Waals surface area (Å²) in [6.45, 7) is 2.86. The van der Waals surface area contributed by atoms with Crippen LogP contribution in [-0.4, -0.2) is 32.9 Å². The Morgan fingerprint density at radius 2 is 2.30 bits per heavy atom. The Morgan fingerprint density at radius 3 is 3.00 bits per heavy atom. The summed E-state index contributed by atoms with van der Waals surface area (Å²) in [4.78, 5) is 0. The van der Waals surface area contributed by atoms with E-state index in [0.717, 1.165) is 25.0 Å². The van der Waals surface area contributed by atoms with E-state index in [1.165, 1.54) is 0 Å². The van der Waals surface area contributed by atoms with Crippen molar-refractivity contribution in [3.8, 4) is 11.4 Å². The van der Waals surface area contributed by atoms with E-state index in [4.69, 9.17) is 22.1 Å². The minimum atomic E-state index is 0.0720. The van der Waals surface area contributed by atoms with E-state index in [-0.39, 0.29) is 12.1 Å². The quantitative estimate of drug-likeness (QED) is 0.879. The van der Waals surface area contributed by atoms with Crippen LogP contribution in [0.25, 0.3) is 11.4 Å². The Balaban J connectivity index is 1.96. The number of hydrogen-bond donors (Lipinski definition) is 1. The van der Waals surface area contributed by atoms with Gasteiger partial charge < -0.3 is 10.5 Å². The van der Waals surface area contributed by atoms with Crippen molar-refractivity contribution in [2.75, 3.05) is 12.3 Å². The lowest BCUT2D eigenvalue weighted by Gasteiger charge is -2.19. The van der Waals surface area contributed by atoms with Gasteiger partial charge in [0.25, 0.3) is 0 Å². The molecule has 2 N–H and O–H groups in total. The van der Waals surface area contributed by atoms with Crippen molar-refractivity contribution in [1.29, 1.82) is 0 Å². The second-order valence-electron chi connectivity index (χ2n) is 5.01. The van der Waals surface area contributed by atoms with Gasteiger partial charge in [-0.15, -0.1) is 5.10 Å². The average Bonchev–Trinajstić information content (AvgIpc) is 3.08. The van der Waals surface area contributed by atoms with E-state index in [9.17, 15) is 0 Å². The van der Waals surface area contributed by atoms with Gasteiger partial charge in [0, 0.05) is 22.9 Å². The van der Waals surface area contributed by atoms with Crippen molar-refractivity contribution < 1.29 is 4.74 Å². The SMILES string of the molecule is CC(C1CCCO1)n1nnnc1-c1cc(N)cc(Cl)c1. The highest BCUT2D eigenvalue weighted by Crippen LogP contribution is 2.29. The molecule has 2 atom stereocenters. The third-order valence-electron chi connectivity index (χ3n) is 3.56. The molecule has 0 bridgehead atoms. The van der Waals surface area contributed by atoms with Crippen LogP contribution < -0.4 is 5.73 Å². The van der Waals surface area contributed by atoms with Gasteiger partial charge in [0.2, 0.25) is 0 Å². The first kappa shape index (κ1) is 13.3. The Hall–Kier alpha value is -1.66. The van der Waals surface area contributed by atoms with E-state index >= 15 is 0 Å². The summed E-state index contributed by atoms with van der Waals surface area (Å²) in [5.41, 5.74) is 7.23. The maximum Gasteiger partial charge on any atom is 0.182 e. The van der Waals surface area contributed by atoms with Crippen LogP contribution in [0.1, 0.15) is 25.8 Å². The molecule has 2 heterocycles. The largest absolute Gasteiger partial charge is 0.399 e. The number of hydrogen-bond acceptors (Lipinski definition) is 5. The van der Waals surface area contributed by atoms with Gasteiger partial charge in [-0.05, 0) is 48.4 Å². The van der Waals surface area contributed by atoms with Crippen LogP contribution >= 0.6 is 11.6 Å². The standard InChI is InChI=1S/C13H16ClN5O/c1-8(12-3-2-4-20-12)19-13(16-17-18-19)9-5-10(14)7-11(15)6-9/h5-8,12H,2-4,15H2,1H3. The number of nitrogen functional groups attached to an aromatic ring is 1. The van der Waals surface area contributed by atoms with Gasteiger partial charge in [-0.1, -0.05) is 11.6 Å². The Bertz CT molecular complexity index is 588. The number of benzene rings is 1. The third kappa shape index (κ3) is 2.48. The number of aromatic nitrogens is 4. The Morgan fingerprint density at radius 1 is 1.45 bits per heavy atom. The van der Waals surface area contributed by atoms with E-state index in [1.54, 1.807) is 10.7 Å². The molecule has 0 aliphatic carbocycles. The molecule has 1 aliphatic rings. The third-order valence-corrected chi connectivity index (χ3v) is 3.78. The molecule has 7 heteroatoms. The second kappa shape index (κ2) is 5.38. The summed E-state index contributed by atoms with van der Waals surface area (Å²) in [6.07, 6.45) is 2.25. The van der Waals surface area contributed by atoms with Crippen molar-refractivity contribution in [1.82, 2.24) is 20.2 Å². The summed E-state index contributed by atoms with van der Waals surface area (Å²) >= 11 is 6.04. The molecular formula is C13H16ClN5O. The predicted molar refractivity (Wildman–Crippen MR) is 76.4 cm³/mol. The molecule has 2 unspecified atom stereocenters. The maximum atomic E-state index is 6.04. The van der Waals surface area contributed by atoms with E-state index in [1.807, 2.05) is 12.1 Å².